The molecular weight excluding hydrogens is 210 g/mol. The zero-order valence-corrected chi connectivity index (χ0v) is 9.76. The van der Waals surface area contributed by atoms with Crippen LogP contribution in [-0.4, -0.2) is 39.9 Å². The molecular formula is C9H17N5S. The van der Waals surface area contributed by atoms with Crippen molar-refractivity contribution in [3.05, 3.63) is 0 Å². The highest BCUT2D eigenvalue weighted by atomic mass is 32.1. The van der Waals surface area contributed by atoms with Gasteiger partial charge < -0.3 is 11.1 Å². The molecule has 1 atom stereocenters. The Morgan fingerprint density at radius 3 is 2.87 bits per heavy atom. The molecule has 1 saturated heterocycles. The van der Waals surface area contributed by atoms with E-state index < -0.39 is 0 Å². The van der Waals surface area contributed by atoms with Crippen molar-refractivity contribution in [2.24, 2.45) is 0 Å². The Bertz CT molecular complexity index is 307. The number of nitrogen functional groups attached to an aromatic ring is 1. The van der Waals surface area contributed by atoms with E-state index in [9.17, 15) is 0 Å². The van der Waals surface area contributed by atoms with Gasteiger partial charge in [-0.2, -0.15) is 9.36 Å². The lowest BCUT2D eigenvalue weighted by Gasteiger charge is -2.23. The van der Waals surface area contributed by atoms with Crippen LogP contribution in [0, 0.1) is 0 Å². The summed E-state index contributed by atoms with van der Waals surface area (Å²) in [7, 11) is 0. The van der Waals surface area contributed by atoms with E-state index in [1.165, 1.54) is 37.5 Å². The van der Waals surface area contributed by atoms with Gasteiger partial charge in [0.2, 0.25) is 11.1 Å². The minimum atomic E-state index is 0.358. The molecule has 84 valence electrons. The van der Waals surface area contributed by atoms with E-state index in [1.54, 1.807) is 0 Å². The molecule has 1 aliphatic heterocycles. The Labute approximate surface area is 93.9 Å². The number of aromatic nitrogens is 2. The van der Waals surface area contributed by atoms with E-state index in [4.69, 9.17) is 5.73 Å². The maximum Gasteiger partial charge on any atom is 0.233 e. The average molecular weight is 227 g/mol. The van der Waals surface area contributed by atoms with Gasteiger partial charge in [-0.25, -0.2) is 0 Å². The molecule has 1 aliphatic rings. The van der Waals surface area contributed by atoms with E-state index in [0.29, 0.717) is 12.0 Å². The van der Waals surface area contributed by atoms with Crippen LogP contribution < -0.4 is 11.1 Å². The van der Waals surface area contributed by atoms with Crippen molar-refractivity contribution in [1.82, 2.24) is 14.3 Å². The molecule has 0 aliphatic carbocycles. The number of nitrogens with one attached hydrogen (secondary N) is 1. The second kappa shape index (κ2) is 4.76. The van der Waals surface area contributed by atoms with Crippen molar-refractivity contribution in [2.45, 2.75) is 25.8 Å². The molecule has 6 heteroatoms. The zero-order valence-electron chi connectivity index (χ0n) is 8.94. The number of anilines is 2. The highest BCUT2D eigenvalue weighted by Crippen LogP contribution is 2.14. The fourth-order valence-electron chi connectivity index (χ4n) is 1.85. The van der Waals surface area contributed by atoms with Crippen LogP contribution in [0.15, 0.2) is 0 Å². The van der Waals surface area contributed by atoms with Crippen LogP contribution in [0.2, 0.25) is 0 Å². The Kier molecular flexibility index (Phi) is 3.37. The standard InChI is InChI=1S/C9H17N5S/c1-7(14-4-2-3-5-14)6-11-9-12-8(10)13-15-9/h7H,2-6H2,1H3,(H3,10,11,12,13). The third-order valence-electron chi connectivity index (χ3n) is 2.75. The molecule has 2 rings (SSSR count). The lowest BCUT2D eigenvalue weighted by atomic mass is 10.3. The van der Waals surface area contributed by atoms with Gasteiger partial charge in [0, 0.05) is 24.1 Å². The predicted molar refractivity (Wildman–Crippen MR) is 63.1 cm³/mol. The molecule has 0 aromatic carbocycles. The van der Waals surface area contributed by atoms with Crippen LogP contribution in [0.4, 0.5) is 11.1 Å². The molecule has 1 aromatic rings. The van der Waals surface area contributed by atoms with Crippen molar-refractivity contribution in [2.75, 3.05) is 30.7 Å². The maximum absolute atomic E-state index is 5.44. The van der Waals surface area contributed by atoms with E-state index >= 15 is 0 Å². The minimum absolute atomic E-state index is 0.358. The summed E-state index contributed by atoms with van der Waals surface area (Å²) in [5, 5.41) is 4.08. The van der Waals surface area contributed by atoms with Gasteiger partial charge in [-0.15, -0.1) is 0 Å². The molecule has 0 saturated carbocycles. The van der Waals surface area contributed by atoms with Gasteiger partial charge in [-0.1, -0.05) is 0 Å². The topological polar surface area (TPSA) is 67.1 Å². The quantitative estimate of drug-likeness (QED) is 0.803. The van der Waals surface area contributed by atoms with Gasteiger partial charge in [0.1, 0.15) is 0 Å². The van der Waals surface area contributed by atoms with Gasteiger partial charge in [0.25, 0.3) is 0 Å². The molecule has 0 spiro atoms. The number of hydrogen-bond donors (Lipinski definition) is 2. The molecule has 1 unspecified atom stereocenters. The van der Waals surface area contributed by atoms with Gasteiger partial charge in [0.15, 0.2) is 0 Å². The summed E-state index contributed by atoms with van der Waals surface area (Å²) >= 11 is 1.32. The van der Waals surface area contributed by atoms with E-state index in [2.05, 4.69) is 26.5 Å². The zero-order chi connectivity index (χ0) is 10.7. The lowest BCUT2D eigenvalue weighted by Crippen LogP contribution is -2.35. The van der Waals surface area contributed by atoms with Crippen molar-refractivity contribution in [3.63, 3.8) is 0 Å². The first kappa shape index (κ1) is 10.6. The summed E-state index contributed by atoms with van der Waals surface area (Å²) < 4.78 is 3.92. The van der Waals surface area contributed by atoms with Crippen molar-refractivity contribution >= 4 is 22.6 Å². The Balaban J connectivity index is 1.77. The van der Waals surface area contributed by atoms with Gasteiger partial charge in [-0.3, -0.25) is 4.90 Å². The number of hydrogen-bond acceptors (Lipinski definition) is 6. The van der Waals surface area contributed by atoms with Crippen LogP contribution in [0.1, 0.15) is 19.8 Å². The number of rotatable bonds is 4. The number of nitrogens with zero attached hydrogens (tertiary/aromatic N) is 3. The van der Waals surface area contributed by atoms with Gasteiger partial charge in [0.05, 0.1) is 0 Å². The summed E-state index contributed by atoms with van der Waals surface area (Å²) in [5.74, 6) is 0.358. The second-order valence-corrected chi connectivity index (χ2v) is 4.68. The first-order valence-electron chi connectivity index (χ1n) is 5.33. The van der Waals surface area contributed by atoms with Crippen LogP contribution >= 0.6 is 11.5 Å². The Hall–Kier alpha value is -0.880. The fraction of sp³-hybridized carbons (Fsp3) is 0.778. The van der Waals surface area contributed by atoms with E-state index in [0.717, 1.165) is 11.7 Å². The number of likely N-dealkylation sites (tertiary alicyclic amines) is 1. The van der Waals surface area contributed by atoms with Gasteiger partial charge in [-0.05, 0) is 32.9 Å². The third-order valence-corrected chi connectivity index (χ3v) is 3.44. The third kappa shape index (κ3) is 2.79. The molecule has 3 N–H and O–H groups in total. The normalized spacial score (nSPS) is 19.3. The van der Waals surface area contributed by atoms with E-state index in [1.807, 2.05) is 0 Å². The summed E-state index contributed by atoms with van der Waals surface area (Å²) in [4.78, 5) is 6.56. The van der Waals surface area contributed by atoms with Crippen LogP contribution in [0.5, 0.6) is 0 Å². The Morgan fingerprint density at radius 2 is 2.27 bits per heavy atom. The second-order valence-electron chi connectivity index (χ2n) is 3.93. The van der Waals surface area contributed by atoms with Crippen LogP contribution in [-0.2, 0) is 0 Å². The lowest BCUT2D eigenvalue weighted by molar-refractivity contribution is 0.269. The SMILES string of the molecule is CC(CNc1nc(N)ns1)N1CCCC1. The minimum Gasteiger partial charge on any atom is -0.367 e. The summed E-state index contributed by atoms with van der Waals surface area (Å²) in [6.45, 7) is 5.60. The van der Waals surface area contributed by atoms with Crippen LogP contribution in [0.25, 0.3) is 0 Å². The van der Waals surface area contributed by atoms with Gasteiger partial charge >= 0.3 is 0 Å². The molecule has 2 heterocycles. The maximum atomic E-state index is 5.44. The smallest absolute Gasteiger partial charge is 0.233 e. The monoisotopic (exact) mass is 227 g/mol. The first-order chi connectivity index (χ1) is 7.25. The highest BCUT2D eigenvalue weighted by molar-refractivity contribution is 7.09. The largest absolute Gasteiger partial charge is 0.367 e. The average Bonchev–Trinajstić information content (AvgIpc) is 2.84. The molecule has 15 heavy (non-hydrogen) atoms. The molecule has 5 nitrogen and oxygen atoms in total. The van der Waals surface area contributed by atoms with Crippen LogP contribution in [0.3, 0.4) is 0 Å². The van der Waals surface area contributed by atoms with E-state index in [-0.39, 0.29) is 0 Å². The molecule has 1 fully saturated rings. The summed E-state index contributed by atoms with van der Waals surface area (Å²) in [6.07, 6.45) is 2.66. The van der Waals surface area contributed by atoms with Crippen molar-refractivity contribution in [3.8, 4) is 0 Å². The van der Waals surface area contributed by atoms with Crippen molar-refractivity contribution < 1.29 is 0 Å². The molecule has 0 bridgehead atoms. The molecule has 1 aromatic heterocycles. The fourth-order valence-corrected chi connectivity index (χ4v) is 2.36. The number of nitrogens with two attached hydrogens (primary N) is 1. The summed E-state index contributed by atoms with van der Waals surface area (Å²) in [5.41, 5.74) is 5.44. The van der Waals surface area contributed by atoms with Crippen molar-refractivity contribution in [1.29, 1.82) is 0 Å². The predicted octanol–water partition coefficient (Wildman–Crippen LogP) is 1.02. The first-order valence-corrected chi connectivity index (χ1v) is 6.10. The highest BCUT2D eigenvalue weighted by Gasteiger charge is 2.17. The Morgan fingerprint density at radius 1 is 1.53 bits per heavy atom. The molecule has 0 radical (unpaired) electrons. The molecule has 0 amide bonds. The summed E-state index contributed by atoms with van der Waals surface area (Å²) in [6, 6.07) is 0.553.